The Morgan fingerprint density at radius 1 is 1.38 bits per heavy atom. The highest BCUT2D eigenvalue weighted by Crippen LogP contribution is 2.18. The SMILES string of the molecule is NCCSSCCNC(=O)NN=O. The first-order valence-corrected chi connectivity index (χ1v) is 6.10. The average Bonchev–Trinajstić information content (AvgIpc) is 2.11. The molecule has 2 amide bonds. The largest absolute Gasteiger partial charge is 0.337 e. The van der Waals surface area contributed by atoms with Gasteiger partial charge in [0.05, 0.1) is 5.29 Å². The summed E-state index contributed by atoms with van der Waals surface area (Å²) in [5.41, 5.74) is 7.00. The van der Waals surface area contributed by atoms with Gasteiger partial charge in [0.15, 0.2) is 0 Å². The van der Waals surface area contributed by atoms with Crippen LogP contribution in [0.3, 0.4) is 0 Å². The second kappa shape index (κ2) is 9.62. The summed E-state index contributed by atoms with van der Waals surface area (Å²) in [6.45, 7) is 1.16. The fraction of sp³-hybridized carbons (Fsp3) is 0.800. The second-order valence-electron chi connectivity index (χ2n) is 1.89. The predicted molar refractivity (Wildman–Crippen MR) is 56.3 cm³/mol. The summed E-state index contributed by atoms with van der Waals surface area (Å²) in [5.74, 6) is 1.67. The van der Waals surface area contributed by atoms with Crippen molar-refractivity contribution in [1.82, 2.24) is 10.7 Å². The van der Waals surface area contributed by atoms with E-state index in [2.05, 4.69) is 10.6 Å². The quantitative estimate of drug-likeness (QED) is 0.250. The Hall–Kier alpha value is -0.470. The Kier molecular flexibility index (Phi) is 9.27. The zero-order valence-electron chi connectivity index (χ0n) is 6.99. The van der Waals surface area contributed by atoms with Crippen molar-refractivity contribution in [2.24, 2.45) is 11.0 Å². The van der Waals surface area contributed by atoms with E-state index in [9.17, 15) is 9.70 Å². The van der Waals surface area contributed by atoms with Gasteiger partial charge in [0.1, 0.15) is 0 Å². The molecule has 0 rings (SSSR count). The second-order valence-corrected chi connectivity index (χ2v) is 4.59. The van der Waals surface area contributed by atoms with Crippen molar-refractivity contribution in [3.05, 3.63) is 4.91 Å². The van der Waals surface area contributed by atoms with Gasteiger partial charge in [0, 0.05) is 24.6 Å². The molecule has 0 spiro atoms. The molecule has 6 nitrogen and oxygen atoms in total. The average molecular weight is 224 g/mol. The van der Waals surface area contributed by atoms with Gasteiger partial charge in [-0.1, -0.05) is 21.6 Å². The maximum Gasteiger partial charge on any atom is 0.337 e. The normalized spacial score (nSPS) is 9.31. The van der Waals surface area contributed by atoms with Gasteiger partial charge in [-0.3, -0.25) is 0 Å². The van der Waals surface area contributed by atoms with Crippen LogP contribution in [0.25, 0.3) is 0 Å². The van der Waals surface area contributed by atoms with Crippen molar-refractivity contribution in [2.45, 2.75) is 0 Å². The lowest BCUT2D eigenvalue weighted by Gasteiger charge is -2.01. The van der Waals surface area contributed by atoms with Gasteiger partial charge in [0.2, 0.25) is 0 Å². The van der Waals surface area contributed by atoms with E-state index in [4.69, 9.17) is 5.73 Å². The van der Waals surface area contributed by atoms with Crippen LogP contribution in [0.5, 0.6) is 0 Å². The highest BCUT2D eigenvalue weighted by molar-refractivity contribution is 8.76. The zero-order valence-corrected chi connectivity index (χ0v) is 8.62. The Labute approximate surface area is 84.1 Å². The first kappa shape index (κ1) is 12.5. The summed E-state index contributed by atoms with van der Waals surface area (Å²) in [6, 6.07) is -0.570. The molecule has 0 aliphatic carbocycles. The molecule has 0 unspecified atom stereocenters. The van der Waals surface area contributed by atoms with Crippen LogP contribution in [-0.2, 0) is 0 Å². The number of rotatable bonds is 7. The van der Waals surface area contributed by atoms with Gasteiger partial charge < -0.3 is 11.1 Å². The third-order valence-electron chi connectivity index (χ3n) is 0.903. The summed E-state index contributed by atoms with van der Waals surface area (Å²) in [7, 11) is 3.28. The van der Waals surface area contributed by atoms with E-state index in [1.165, 1.54) is 0 Å². The van der Waals surface area contributed by atoms with Crippen molar-refractivity contribution in [1.29, 1.82) is 0 Å². The van der Waals surface area contributed by atoms with Gasteiger partial charge in [-0.05, 0) is 0 Å². The molecule has 0 atom stereocenters. The number of carbonyl (C=O) groups excluding carboxylic acids is 1. The number of amides is 2. The van der Waals surface area contributed by atoms with E-state index in [0.717, 1.165) is 11.5 Å². The number of urea groups is 1. The van der Waals surface area contributed by atoms with Gasteiger partial charge >= 0.3 is 6.03 Å². The van der Waals surface area contributed by atoms with Crippen molar-refractivity contribution < 1.29 is 4.79 Å². The number of nitrogens with one attached hydrogen (secondary N) is 2. The minimum Gasteiger partial charge on any atom is -0.336 e. The minimum absolute atomic E-state index is 0.504. The Bertz CT molecular complexity index is 157. The highest BCUT2D eigenvalue weighted by atomic mass is 33.1. The van der Waals surface area contributed by atoms with Crippen LogP contribution in [0, 0.1) is 4.91 Å². The molecule has 0 saturated heterocycles. The van der Waals surface area contributed by atoms with Crippen LogP contribution in [0.15, 0.2) is 5.29 Å². The number of hydrogen-bond donors (Lipinski definition) is 3. The molecular formula is C5H12N4O2S2. The number of nitrogens with two attached hydrogens (primary N) is 1. The highest BCUT2D eigenvalue weighted by Gasteiger charge is 1.96. The molecule has 0 aromatic heterocycles. The standard InChI is InChI=1S/C5H12N4O2S2/c6-1-3-12-13-4-2-7-5(10)8-9-11/h1-4,6H2,(H2,7,8,10,11). The first-order chi connectivity index (χ1) is 6.31. The molecular weight excluding hydrogens is 212 g/mol. The van der Waals surface area contributed by atoms with E-state index in [0.29, 0.717) is 13.1 Å². The first-order valence-electron chi connectivity index (χ1n) is 3.62. The Balaban J connectivity index is 3.06. The lowest BCUT2D eigenvalue weighted by molar-refractivity contribution is 0.242. The predicted octanol–water partition coefficient (Wildman–Crippen LogP) is 0.307. The molecule has 0 aliphatic heterocycles. The van der Waals surface area contributed by atoms with E-state index in [-0.39, 0.29) is 0 Å². The molecule has 0 fully saturated rings. The summed E-state index contributed by atoms with van der Waals surface area (Å²) < 4.78 is 0. The van der Waals surface area contributed by atoms with E-state index in [1.54, 1.807) is 27.0 Å². The van der Waals surface area contributed by atoms with Crippen LogP contribution in [0.1, 0.15) is 0 Å². The molecule has 0 bridgehead atoms. The molecule has 0 radical (unpaired) electrons. The molecule has 0 aromatic carbocycles. The van der Waals surface area contributed by atoms with Crippen LogP contribution < -0.4 is 16.5 Å². The molecule has 13 heavy (non-hydrogen) atoms. The Morgan fingerprint density at radius 3 is 2.69 bits per heavy atom. The molecule has 0 aromatic rings. The molecule has 76 valence electrons. The van der Waals surface area contributed by atoms with Gasteiger partial charge in [-0.25, -0.2) is 4.79 Å². The van der Waals surface area contributed by atoms with Gasteiger partial charge in [0.25, 0.3) is 0 Å². The lowest BCUT2D eigenvalue weighted by Crippen LogP contribution is -2.33. The fourth-order valence-electron chi connectivity index (χ4n) is 0.453. The third-order valence-corrected chi connectivity index (χ3v) is 3.34. The molecule has 0 heterocycles. The zero-order chi connectivity index (χ0) is 9.94. The third kappa shape index (κ3) is 9.44. The lowest BCUT2D eigenvalue weighted by atomic mass is 10.7. The summed E-state index contributed by atoms with van der Waals surface area (Å²) in [5, 5.41) is 4.67. The van der Waals surface area contributed by atoms with Crippen LogP contribution in [0.2, 0.25) is 0 Å². The number of nitroso groups, excluding NO2 is 1. The van der Waals surface area contributed by atoms with Crippen molar-refractivity contribution >= 4 is 27.6 Å². The minimum atomic E-state index is -0.570. The molecule has 0 saturated carbocycles. The molecule has 0 aliphatic rings. The molecule has 8 heteroatoms. The monoisotopic (exact) mass is 224 g/mol. The van der Waals surface area contributed by atoms with Crippen molar-refractivity contribution in [3.63, 3.8) is 0 Å². The molecule has 4 N–H and O–H groups in total. The van der Waals surface area contributed by atoms with E-state index >= 15 is 0 Å². The Morgan fingerprint density at radius 2 is 2.08 bits per heavy atom. The van der Waals surface area contributed by atoms with Crippen molar-refractivity contribution in [3.8, 4) is 0 Å². The topological polar surface area (TPSA) is 96.6 Å². The van der Waals surface area contributed by atoms with E-state index in [1.807, 2.05) is 0 Å². The van der Waals surface area contributed by atoms with Crippen LogP contribution >= 0.6 is 21.6 Å². The van der Waals surface area contributed by atoms with E-state index < -0.39 is 6.03 Å². The summed E-state index contributed by atoms with van der Waals surface area (Å²) >= 11 is 0. The fourth-order valence-corrected chi connectivity index (χ4v) is 2.22. The van der Waals surface area contributed by atoms with Crippen LogP contribution in [-0.4, -0.2) is 30.6 Å². The summed E-state index contributed by atoms with van der Waals surface area (Å²) in [6.07, 6.45) is 0. The smallest absolute Gasteiger partial charge is 0.336 e. The van der Waals surface area contributed by atoms with Gasteiger partial charge in [-0.15, -0.1) is 4.91 Å². The maximum atomic E-state index is 10.6. The number of carbonyl (C=O) groups is 1. The van der Waals surface area contributed by atoms with Gasteiger partial charge in [-0.2, -0.15) is 5.43 Å². The maximum absolute atomic E-state index is 10.6. The van der Waals surface area contributed by atoms with Crippen LogP contribution in [0.4, 0.5) is 4.79 Å². The number of hydrogen-bond acceptors (Lipinski definition) is 6. The summed E-state index contributed by atoms with van der Waals surface area (Å²) in [4.78, 5) is 20.1. The number of nitrogens with zero attached hydrogens (tertiary/aromatic N) is 1. The van der Waals surface area contributed by atoms with Crippen molar-refractivity contribution in [2.75, 3.05) is 24.6 Å².